The van der Waals surface area contributed by atoms with E-state index in [0.717, 1.165) is 16.9 Å². The molecule has 0 aliphatic carbocycles. The van der Waals surface area contributed by atoms with Gasteiger partial charge in [-0.05, 0) is 44.9 Å². The molecule has 0 radical (unpaired) electrons. The lowest BCUT2D eigenvalue weighted by Crippen LogP contribution is -2.50. The fourth-order valence-corrected chi connectivity index (χ4v) is 3.18. The normalized spacial score (nSPS) is 18.4. The van der Waals surface area contributed by atoms with Crippen molar-refractivity contribution in [1.82, 2.24) is 4.90 Å². The van der Waals surface area contributed by atoms with Crippen LogP contribution in [0.25, 0.3) is 0 Å². The maximum absolute atomic E-state index is 12.5. The molecule has 0 spiro atoms. The monoisotopic (exact) mass is 383 g/mol. The molecule has 1 amide bonds. The van der Waals surface area contributed by atoms with E-state index in [-0.39, 0.29) is 18.3 Å². The van der Waals surface area contributed by atoms with Gasteiger partial charge in [0.2, 0.25) is 0 Å². The Hall–Kier alpha value is -2.53. The van der Waals surface area contributed by atoms with Gasteiger partial charge in [0, 0.05) is 6.54 Å². The molecule has 0 aromatic heterocycles. The lowest BCUT2D eigenvalue weighted by Gasteiger charge is -2.37. The SMILES string of the molecule is Cc1ccccc1O[C@@H](c1ccccc1)[C@@H]1CN(C(=O)OC(C)(C)C)CCO1. The van der Waals surface area contributed by atoms with Gasteiger partial charge in [-0.3, -0.25) is 0 Å². The molecule has 0 unspecified atom stereocenters. The van der Waals surface area contributed by atoms with Crippen LogP contribution in [0.1, 0.15) is 38.0 Å². The van der Waals surface area contributed by atoms with E-state index in [1.54, 1.807) is 4.90 Å². The van der Waals surface area contributed by atoms with Crippen LogP contribution in [0.3, 0.4) is 0 Å². The molecular formula is C23H29NO4. The van der Waals surface area contributed by atoms with Crippen LogP contribution in [-0.2, 0) is 9.47 Å². The van der Waals surface area contributed by atoms with Crippen LogP contribution >= 0.6 is 0 Å². The standard InChI is InChI=1S/C23H29NO4/c1-17-10-8-9-13-19(17)27-21(18-11-6-5-7-12-18)20-16-24(14-15-26-20)22(25)28-23(2,3)4/h5-13,20-21H,14-16H2,1-4H3/t20-,21-/m0/s1. The van der Waals surface area contributed by atoms with Crippen LogP contribution in [0.5, 0.6) is 5.75 Å². The Bertz CT molecular complexity index is 785. The van der Waals surface area contributed by atoms with Crippen LogP contribution in [0.2, 0.25) is 0 Å². The number of aryl methyl sites for hydroxylation is 1. The van der Waals surface area contributed by atoms with Crippen molar-refractivity contribution in [2.45, 2.75) is 45.5 Å². The highest BCUT2D eigenvalue weighted by molar-refractivity contribution is 5.68. The van der Waals surface area contributed by atoms with Crippen molar-refractivity contribution < 1.29 is 19.0 Å². The number of hydrogen-bond acceptors (Lipinski definition) is 4. The predicted octanol–water partition coefficient (Wildman–Crippen LogP) is 4.75. The largest absolute Gasteiger partial charge is 0.483 e. The second-order valence-corrected chi connectivity index (χ2v) is 8.05. The molecule has 0 bridgehead atoms. The first-order valence-corrected chi connectivity index (χ1v) is 9.70. The molecule has 1 aliphatic heterocycles. The minimum atomic E-state index is -0.526. The van der Waals surface area contributed by atoms with E-state index >= 15 is 0 Å². The van der Waals surface area contributed by atoms with Crippen molar-refractivity contribution in [3.05, 3.63) is 65.7 Å². The quantitative estimate of drug-likeness (QED) is 0.764. The Labute approximate surface area is 167 Å². The second-order valence-electron chi connectivity index (χ2n) is 8.05. The van der Waals surface area contributed by atoms with Gasteiger partial charge in [-0.25, -0.2) is 4.79 Å². The maximum atomic E-state index is 12.5. The number of carbonyl (C=O) groups is 1. The minimum absolute atomic E-state index is 0.289. The van der Waals surface area contributed by atoms with E-state index in [1.807, 2.05) is 82.3 Å². The summed E-state index contributed by atoms with van der Waals surface area (Å²) < 4.78 is 18.0. The first-order valence-electron chi connectivity index (χ1n) is 9.70. The molecule has 2 aromatic carbocycles. The molecule has 1 heterocycles. The summed E-state index contributed by atoms with van der Waals surface area (Å²) in [6.45, 7) is 9.01. The third kappa shape index (κ3) is 5.26. The molecule has 3 rings (SSSR count). The van der Waals surface area contributed by atoms with Crippen molar-refractivity contribution in [3.63, 3.8) is 0 Å². The van der Waals surface area contributed by atoms with E-state index in [0.29, 0.717) is 19.7 Å². The summed E-state index contributed by atoms with van der Waals surface area (Å²) in [6, 6.07) is 17.9. The molecule has 28 heavy (non-hydrogen) atoms. The smallest absolute Gasteiger partial charge is 0.410 e. The van der Waals surface area contributed by atoms with Gasteiger partial charge in [0.25, 0.3) is 0 Å². The van der Waals surface area contributed by atoms with Crippen LogP contribution in [0.15, 0.2) is 54.6 Å². The number of rotatable bonds is 4. The molecule has 1 fully saturated rings. The highest BCUT2D eigenvalue weighted by Gasteiger charge is 2.34. The van der Waals surface area contributed by atoms with Gasteiger partial charge >= 0.3 is 6.09 Å². The van der Waals surface area contributed by atoms with Gasteiger partial charge in [-0.2, -0.15) is 0 Å². The Balaban J connectivity index is 1.81. The molecule has 150 valence electrons. The third-order valence-corrected chi connectivity index (χ3v) is 4.56. The van der Waals surface area contributed by atoms with Crippen LogP contribution < -0.4 is 4.74 Å². The number of carbonyl (C=O) groups excluding carboxylic acids is 1. The summed E-state index contributed by atoms with van der Waals surface area (Å²) >= 11 is 0. The average molecular weight is 383 g/mol. The molecule has 0 saturated carbocycles. The lowest BCUT2D eigenvalue weighted by atomic mass is 10.0. The average Bonchev–Trinajstić information content (AvgIpc) is 2.67. The third-order valence-electron chi connectivity index (χ3n) is 4.56. The van der Waals surface area contributed by atoms with Crippen LogP contribution in [0, 0.1) is 6.92 Å². The van der Waals surface area contributed by atoms with Gasteiger partial charge in [0.15, 0.2) is 6.10 Å². The molecule has 0 N–H and O–H groups in total. The topological polar surface area (TPSA) is 48.0 Å². The number of amides is 1. The van der Waals surface area contributed by atoms with Gasteiger partial charge in [-0.1, -0.05) is 48.5 Å². The first kappa shape index (κ1) is 20.2. The second kappa shape index (κ2) is 8.65. The van der Waals surface area contributed by atoms with E-state index in [4.69, 9.17) is 14.2 Å². The molecule has 2 aromatic rings. The zero-order valence-corrected chi connectivity index (χ0v) is 17.1. The summed E-state index contributed by atoms with van der Waals surface area (Å²) in [5.41, 5.74) is 1.55. The van der Waals surface area contributed by atoms with Crippen LogP contribution in [-0.4, -0.2) is 42.4 Å². The minimum Gasteiger partial charge on any atom is -0.483 e. The van der Waals surface area contributed by atoms with E-state index in [2.05, 4.69) is 0 Å². The number of para-hydroxylation sites is 1. The number of benzene rings is 2. The Kier molecular flexibility index (Phi) is 6.25. The highest BCUT2D eigenvalue weighted by Crippen LogP contribution is 2.30. The zero-order valence-electron chi connectivity index (χ0n) is 17.1. The summed E-state index contributed by atoms with van der Waals surface area (Å²) in [6.07, 6.45) is -0.931. The summed E-state index contributed by atoms with van der Waals surface area (Å²) in [5.74, 6) is 0.814. The van der Waals surface area contributed by atoms with E-state index < -0.39 is 5.60 Å². The summed E-state index contributed by atoms with van der Waals surface area (Å²) in [4.78, 5) is 14.2. The Morgan fingerprint density at radius 2 is 1.79 bits per heavy atom. The van der Waals surface area contributed by atoms with E-state index in [9.17, 15) is 4.79 Å². The molecular weight excluding hydrogens is 354 g/mol. The van der Waals surface area contributed by atoms with E-state index in [1.165, 1.54) is 0 Å². The van der Waals surface area contributed by atoms with Gasteiger partial charge in [0.05, 0.1) is 13.2 Å². The van der Waals surface area contributed by atoms with Crippen molar-refractivity contribution in [1.29, 1.82) is 0 Å². The first-order chi connectivity index (χ1) is 13.3. The number of morpholine rings is 1. The predicted molar refractivity (Wildman–Crippen MR) is 109 cm³/mol. The zero-order chi connectivity index (χ0) is 20.1. The van der Waals surface area contributed by atoms with Crippen LogP contribution in [0.4, 0.5) is 4.79 Å². The van der Waals surface area contributed by atoms with Crippen molar-refractivity contribution in [2.24, 2.45) is 0 Å². The number of ether oxygens (including phenoxy) is 3. The maximum Gasteiger partial charge on any atom is 0.410 e. The van der Waals surface area contributed by atoms with Gasteiger partial charge in [0.1, 0.15) is 17.5 Å². The van der Waals surface area contributed by atoms with Crippen molar-refractivity contribution >= 4 is 6.09 Å². The van der Waals surface area contributed by atoms with Gasteiger partial charge in [-0.15, -0.1) is 0 Å². The number of hydrogen-bond donors (Lipinski definition) is 0. The lowest BCUT2D eigenvalue weighted by molar-refractivity contribution is -0.0838. The van der Waals surface area contributed by atoms with Crippen molar-refractivity contribution in [2.75, 3.05) is 19.7 Å². The molecule has 1 saturated heterocycles. The Morgan fingerprint density at radius 1 is 1.11 bits per heavy atom. The summed E-state index contributed by atoms with van der Waals surface area (Å²) in [7, 11) is 0. The highest BCUT2D eigenvalue weighted by atomic mass is 16.6. The number of nitrogens with zero attached hydrogens (tertiary/aromatic N) is 1. The summed E-state index contributed by atoms with van der Waals surface area (Å²) in [5, 5.41) is 0. The Morgan fingerprint density at radius 3 is 2.46 bits per heavy atom. The molecule has 5 heteroatoms. The fourth-order valence-electron chi connectivity index (χ4n) is 3.18. The van der Waals surface area contributed by atoms with Gasteiger partial charge < -0.3 is 19.1 Å². The van der Waals surface area contributed by atoms with Crippen molar-refractivity contribution in [3.8, 4) is 5.75 Å². The molecule has 1 aliphatic rings. The fraction of sp³-hybridized carbons (Fsp3) is 0.435. The molecule has 2 atom stereocenters. The molecule has 5 nitrogen and oxygen atoms in total.